The Balaban J connectivity index is 1.65. The first-order valence-electron chi connectivity index (χ1n) is 7.67. The number of unbranched alkanes of at least 4 members (excludes halogenated alkanes) is 1. The lowest BCUT2D eigenvalue weighted by Gasteiger charge is -2.25. The van der Waals surface area contributed by atoms with E-state index in [0.29, 0.717) is 5.92 Å². The second-order valence-electron chi connectivity index (χ2n) is 5.55. The van der Waals surface area contributed by atoms with Crippen LogP contribution >= 0.6 is 0 Å². The highest BCUT2D eigenvalue weighted by Gasteiger charge is 2.21. The second-order valence-corrected chi connectivity index (χ2v) is 5.55. The van der Waals surface area contributed by atoms with Crippen LogP contribution in [0.15, 0.2) is 30.5 Å². The van der Waals surface area contributed by atoms with E-state index in [1.165, 1.54) is 5.56 Å². The van der Waals surface area contributed by atoms with Crippen molar-refractivity contribution in [2.75, 3.05) is 13.2 Å². The van der Waals surface area contributed by atoms with Gasteiger partial charge in [-0.2, -0.15) is 0 Å². The Morgan fingerprint density at radius 1 is 1.29 bits per heavy atom. The second kappa shape index (κ2) is 6.72. The highest BCUT2D eigenvalue weighted by atomic mass is 16.5. The molecule has 0 bridgehead atoms. The molecule has 0 radical (unpaired) electrons. The molecular weight excluding hydrogens is 264 g/mol. The van der Waals surface area contributed by atoms with Crippen LogP contribution in [-0.2, 0) is 13.0 Å². The predicted molar refractivity (Wildman–Crippen MR) is 81.3 cm³/mol. The van der Waals surface area contributed by atoms with E-state index < -0.39 is 0 Å². The van der Waals surface area contributed by atoms with Crippen molar-refractivity contribution in [1.82, 2.24) is 15.0 Å². The first-order chi connectivity index (χ1) is 10.4. The van der Waals surface area contributed by atoms with Crippen molar-refractivity contribution in [1.29, 1.82) is 0 Å². The van der Waals surface area contributed by atoms with Crippen LogP contribution in [0.25, 0.3) is 0 Å². The quantitative estimate of drug-likeness (QED) is 0.826. The molecular formula is C16H22N4O. The molecule has 0 fully saturated rings. The van der Waals surface area contributed by atoms with E-state index in [9.17, 15) is 0 Å². The van der Waals surface area contributed by atoms with Crippen molar-refractivity contribution in [3.05, 3.63) is 41.7 Å². The molecule has 1 aromatic carbocycles. The highest BCUT2D eigenvalue weighted by molar-refractivity contribution is 5.37. The molecule has 0 saturated heterocycles. The minimum atomic E-state index is 0.452. The van der Waals surface area contributed by atoms with Gasteiger partial charge in [0.15, 0.2) is 0 Å². The van der Waals surface area contributed by atoms with Crippen molar-refractivity contribution in [2.24, 2.45) is 5.73 Å². The van der Waals surface area contributed by atoms with E-state index in [4.69, 9.17) is 10.5 Å². The van der Waals surface area contributed by atoms with Gasteiger partial charge in [-0.3, -0.25) is 4.68 Å². The van der Waals surface area contributed by atoms with Gasteiger partial charge in [-0.15, -0.1) is 5.10 Å². The fourth-order valence-corrected chi connectivity index (χ4v) is 2.82. The van der Waals surface area contributed by atoms with Gasteiger partial charge >= 0.3 is 0 Å². The van der Waals surface area contributed by atoms with Crippen LogP contribution < -0.4 is 10.5 Å². The number of hydrogen-bond acceptors (Lipinski definition) is 4. The number of ether oxygens (including phenoxy) is 1. The fraction of sp³-hybridized carbons (Fsp3) is 0.500. The van der Waals surface area contributed by atoms with Crippen molar-refractivity contribution < 1.29 is 4.74 Å². The number of nitrogens with two attached hydrogens (primary N) is 1. The molecule has 1 unspecified atom stereocenters. The van der Waals surface area contributed by atoms with Gasteiger partial charge in [0, 0.05) is 18.7 Å². The average molecular weight is 286 g/mol. The van der Waals surface area contributed by atoms with Crippen LogP contribution in [0, 0.1) is 0 Å². The molecule has 1 atom stereocenters. The van der Waals surface area contributed by atoms with Gasteiger partial charge in [0.1, 0.15) is 5.75 Å². The number of para-hydroxylation sites is 1. The van der Waals surface area contributed by atoms with Crippen LogP contribution in [0.5, 0.6) is 5.75 Å². The third-order valence-electron chi connectivity index (χ3n) is 3.96. The van der Waals surface area contributed by atoms with Gasteiger partial charge in [-0.05, 0) is 43.9 Å². The van der Waals surface area contributed by atoms with E-state index in [2.05, 4.69) is 28.6 Å². The van der Waals surface area contributed by atoms with Gasteiger partial charge in [0.05, 0.1) is 12.3 Å². The molecule has 1 aliphatic heterocycles. The van der Waals surface area contributed by atoms with Gasteiger partial charge in [0.2, 0.25) is 0 Å². The Morgan fingerprint density at radius 2 is 2.19 bits per heavy atom. The van der Waals surface area contributed by atoms with Crippen LogP contribution in [-0.4, -0.2) is 28.1 Å². The summed E-state index contributed by atoms with van der Waals surface area (Å²) in [6, 6.07) is 8.28. The van der Waals surface area contributed by atoms with Gasteiger partial charge < -0.3 is 10.5 Å². The number of fused-ring (bicyclic) bond motifs is 1. The van der Waals surface area contributed by atoms with Crippen molar-refractivity contribution in [3.63, 3.8) is 0 Å². The normalized spacial score (nSPS) is 17.3. The maximum atomic E-state index is 5.70. The Morgan fingerprint density at radius 3 is 3.10 bits per heavy atom. The summed E-state index contributed by atoms with van der Waals surface area (Å²) in [6.07, 6.45) is 6.17. The van der Waals surface area contributed by atoms with Crippen molar-refractivity contribution in [3.8, 4) is 5.75 Å². The number of rotatable bonds is 6. The average Bonchev–Trinajstić information content (AvgIpc) is 2.96. The SMILES string of the molecule is NCCCCc1cn(CC2CCOc3ccccc32)nn1. The summed E-state index contributed by atoms with van der Waals surface area (Å²) in [5, 5.41) is 8.51. The fourth-order valence-electron chi connectivity index (χ4n) is 2.82. The van der Waals surface area contributed by atoms with Crippen molar-refractivity contribution in [2.45, 2.75) is 38.1 Å². The van der Waals surface area contributed by atoms with E-state index >= 15 is 0 Å². The van der Waals surface area contributed by atoms with Crippen LogP contribution in [0.3, 0.4) is 0 Å². The van der Waals surface area contributed by atoms with Crippen LogP contribution in [0.2, 0.25) is 0 Å². The Hall–Kier alpha value is -1.88. The molecule has 0 aliphatic carbocycles. The molecule has 1 aliphatic rings. The van der Waals surface area contributed by atoms with Crippen LogP contribution in [0.1, 0.15) is 36.4 Å². The van der Waals surface area contributed by atoms with Gasteiger partial charge in [0.25, 0.3) is 0 Å². The molecule has 3 rings (SSSR count). The van der Waals surface area contributed by atoms with Crippen LogP contribution in [0.4, 0.5) is 0 Å². The Kier molecular flexibility index (Phi) is 4.50. The number of hydrogen-bond donors (Lipinski definition) is 1. The maximum Gasteiger partial charge on any atom is 0.122 e. The minimum Gasteiger partial charge on any atom is -0.493 e. The molecule has 0 saturated carbocycles. The molecule has 5 nitrogen and oxygen atoms in total. The molecule has 21 heavy (non-hydrogen) atoms. The van der Waals surface area contributed by atoms with Gasteiger partial charge in [-0.25, -0.2) is 0 Å². The zero-order valence-electron chi connectivity index (χ0n) is 12.2. The van der Waals surface area contributed by atoms with E-state index in [1.54, 1.807) is 0 Å². The molecule has 112 valence electrons. The molecule has 2 N–H and O–H groups in total. The number of aromatic nitrogens is 3. The zero-order valence-corrected chi connectivity index (χ0v) is 12.2. The third-order valence-corrected chi connectivity index (χ3v) is 3.96. The predicted octanol–water partition coefficient (Wildman–Crippen LogP) is 2.13. The van der Waals surface area contributed by atoms with Gasteiger partial charge in [-0.1, -0.05) is 23.4 Å². The summed E-state index contributed by atoms with van der Waals surface area (Å²) in [6.45, 7) is 2.39. The lowest BCUT2D eigenvalue weighted by atomic mass is 9.93. The number of nitrogens with zero attached hydrogens (tertiary/aromatic N) is 3. The highest BCUT2D eigenvalue weighted by Crippen LogP contribution is 2.34. The first kappa shape index (κ1) is 14.1. The smallest absolute Gasteiger partial charge is 0.122 e. The molecule has 1 aromatic heterocycles. The summed E-state index contributed by atoms with van der Waals surface area (Å²) in [5.41, 5.74) is 7.85. The third kappa shape index (κ3) is 3.42. The largest absolute Gasteiger partial charge is 0.493 e. The first-order valence-corrected chi connectivity index (χ1v) is 7.67. The molecule has 0 amide bonds. The summed E-state index contributed by atoms with van der Waals surface area (Å²) < 4.78 is 7.67. The Bertz CT molecular complexity index is 581. The summed E-state index contributed by atoms with van der Waals surface area (Å²) in [4.78, 5) is 0. The maximum absolute atomic E-state index is 5.70. The lowest BCUT2D eigenvalue weighted by molar-refractivity contribution is 0.256. The monoisotopic (exact) mass is 286 g/mol. The topological polar surface area (TPSA) is 66.0 Å². The molecule has 2 heterocycles. The Labute approximate surface area is 125 Å². The van der Waals surface area contributed by atoms with Crippen molar-refractivity contribution >= 4 is 0 Å². The summed E-state index contributed by atoms with van der Waals surface area (Å²) in [5.74, 6) is 1.46. The number of benzene rings is 1. The molecule has 2 aromatic rings. The molecule has 0 spiro atoms. The van der Waals surface area contributed by atoms with E-state index in [1.807, 2.05) is 16.8 Å². The summed E-state index contributed by atoms with van der Waals surface area (Å²) >= 11 is 0. The molecule has 5 heteroatoms. The summed E-state index contributed by atoms with van der Waals surface area (Å²) in [7, 11) is 0. The van der Waals surface area contributed by atoms with E-state index in [-0.39, 0.29) is 0 Å². The number of aryl methyl sites for hydroxylation is 1. The lowest BCUT2D eigenvalue weighted by Crippen LogP contribution is -2.18. The van der Waals surface area contributed by atoms with E-state index in [0.717, 1.165) is 56.8 Å². The zero-order chi connectivity index (χ0) is 14.5. The minimum absolute atomic E-state index is 0.452. The standard InChI is InChI=1S/C16H22N4O/c17-9-4-3-5-14-12-20(19-18-14)11-13-8-10-21-16-7-2-1-6-15(13)16/h1-2,6-7,12-13H,3-5,8-11,17H2.